The van der Waals surface area contributed by atoms with Gasteiger partial charge in [-0.2, -0.15) is 0 Å². The second-order valence-electron chi connectivity index (χ2n) is 6.24. The Balaban J connectivity index is 1.71. The van der Waals surface area contributed by atoms with Gasteiger partial charge in [0.2, 0.25) is 0 Å². The van der Waals surface area contributed by atoms with Gasteiger partial charge < -0.3 is 10.2 Å². The molecule has 0 aliphatic rings. The molecule has 8 heteroatoms. The van der Waals surface area contributed by atoms with Crippen LogP contribution in [-0.2, 0) is 6.54 Å². The van der Waals surface area contributed by atoms with Gasteiger partial charge in [0, 0.05) is 25.4 Å². The standard InChI is InChI=1S/C20H17ClFN3O2S/c1-12-8-17(24-19(26)14-4-3-5-15(22)9-14)28-18(12)20(27)25(2)11-13-6-7-16(21)23-10-13/h3-10H,11H2,1-2H3,(H,24,26). The molecule has 144 valence electrons. The zero-order valence-corrected chi connectivity index (χ0v) is 16.8. The van der Waals surface area contributed by atoms with E-state index in [-0.39, 0.29) is 11.5 Å². The summed E-state index contributed by atoms with van der Waals surface area (Å²) in [5, 5.41) is 3.63. The van der Waals surface area contributed by atoms with Gasteiger partial charge in [0.05, 0.1) is 9.88 Å². The van der Waals surface area contributed by atoms with Crippen molar-refractivity contribution in [2.75, 3.05) is 12.4 Å². The average Bonchev–Trinajstić information content (AvgIpc) is 3.03. The molecular weight excluding hydrogens is 401 g/mol. The first-order valence-corrected chi connectivity index (χ1v) is 9.56. The molecule has 0 spiro atoms. The second-order valence-corrected chi connectivity index (χ2v) is 7.68. The van der Waals surface area contributed by atoms with E-state index in [0.717, 1.165) is 17.2 Å². The summed E-state index contributed by atoms with van der Waals surface area (Å²) in [6, 6.07) is 10.6. The van der Waals surface area contributed by atoms with E-state index in [2.05, 4.69) is 10.3 Å². The highest BCUT2D eigenvalue weighted by atomic mass is 35.5. The number of rotatable bonds is 5. The number of hydrogen-bond acceptors (Lipinski definition) is 4. The first-order chi connectivity index (χ1) is 13.3. The molecule has 0 fully saturated rings. The van der Waals surface area contributed by atoms with Gasteiger partial charge in [0.25, 0.3) is 11.8 Å². The third-order valence-corrected chi connectivity index (χ3v) is 5.35. The number of amides is 2. The van der Waals surface area contributed by atoms with Crippen molar-refractivity contribution in [2.45, 2.75) is 13.5 Å². The van der Waals surface area contributed by atoms with Crippen LogP contribution in [0.15, 0.2) is 48.7 Å². The maximum absolute atomic E-state index is 13.3. The van der Waals surface area contributed by atoms with E-state index in [0.29, 0.717) is 21.6 Å². The monoisotopic (exact) mass is 417 g/mol. The summed E-state index contributed by atoms with van der Waals surface area (Å²) in [5.41, 5.74) is 1.82. The Morgan fingerprint density at radius 3 is 2.71 bits per heavy atom. The predicted molar refractivity (Wildman–Crippen MR) is 108 cm³/mol. The lowest BCUT2D eigenvalue weighted by Crippen LogP contribution is -2.26. The molecule has 1 aromatic carbocycles. The van der Waals surface area contributed by atoms with E-state index in [9.17, 15) is 14.0 Å². The topological polar surface area (TPSA) is 62.3 Å². The molecule has 0 radical (unpaired) electrons. The minimum atomic E-state index is -0.482. The molecule has 28 heavy (non-hydrogen) atoms. The van der Waals surface area contributed by atoms with Crippen LogP contribution in [-0.4, -0.2) is 28.7 Å². The maximum Gasteiger partial charge on any atom is 0.264 e. The van der Waals surface area contributed by atoms with Gasteiger partial charge in [-0.05, 0) is 48.4 Å². The van der Waals surface area contributed by atoms with Crippen LogP contribution in [0.1, 0.15) is 31.2 Å². The zero-order valence-electron chi connectivity index (χ0n) is 15.2. The number of nitrogens with zero attached hydrogens (tertiary/aromatic N) is 2. The van der Waals surface area contributed by atoms with Crippen molar-refractivity contribution >= 4 is 39.8 Å². The van der Waals surface area contributed by atoms with E-state index >= 15 is 0 Å². The van der Waals surface area contributed by atoms with Crippen molar-refractivity contribution in [1.82, 2.24) is 9.88 Å². The first kappa shape index (κ1) is 20.0. The highest BCUT2D eigenvalue weighted by Gasteiger charge is 2.19. The number of halogens is 2. The normalized spacial score (nSPS) is 10.6. The maximum atomic E-state index is 13.3. The molecule has 2 aromatic heterocycles. The third kappa shape index (κ3) is 4.74. The van der Waals surface area contributed by atoms with Crippen LogP contribution >= 0.6 is 22.9 Å². The molecule has 5 nitrogen and oxygen atoms in total. The minimum Gasteiger partial charge on any atom is -0.337 e. The van der Waals surface area contributed by atoms with E-state index < -0.39 is 11.7 Å². The van der Waals surface area contributed by atoms with E-state index in [1.165, 1.54) is 29.5 Å². The Labute approximate surface area is 170 Å². The molecule has 0 unspecified atom stereocenters. The molecule has 1 N–H and O–H groups in total. The van der Waals surface area contributed by atoms with Crippen LogP contribution < -0.4 is 5.32 Å². The van der Waals surface area contributed by atoms with E-state index in [4.69, 9.17) is 11.6 Å². The van der Waals surface area contributed by atoms with Crippen LogP contribution in [0.3, 0.4) is 0 Å². The van der Waals surface area contributed by atoms with Crippen LogP contribution in [0.4, 0.5) is 9.39 Å². The number of thiophene rings is 1. The number of carbonyl (C=O) groups is 2. The van der Waals surface area contributed by atoms with Gasteiger partial charge in [0.1, 0.15) is 11.0 Å². The van der Waals surface area contributed by atoms with E-state index in [1.54, 1.807) is 37.2 Å². The van der Waals surface area contributed by atoms with Crippen molar-refractivity contribution in [2.24, 2.45) is 0 Å². The Morgan fingerprint density at radius 1 is 1.25 bits per heavy atom. The SMILES string of the molecule is Cc1cc(NC(=O)c2cccc(F)c2)sc1C(=O)N(C)Cc1ccc(Cl)nc1. The number of anilines is 1. The molecule has 0 aliphatic carbocycles. The molecule has 0 saturated carbocycles. The Morgan fingerprint density at radius 2 is 2.04 bits per heavy atom. The number of pyridine rings is 1. The molecule has 2 heterocycles. The fraction of sp³-hybridized carbons (Fsp3) is 0.150. The largest absolute Gasteiger partial charge is 0.337 e. The fourth-order valence-electron chi connectivity index (χ4n) is 2.59. The summed E-state index contributed by atoms with van der Waals surface area (Å²) in [6.45, 7) is 2.19. The number of aryl methyl sites for hydroxylation is 1. The number of hydrogen-bond donors (Lipinski definition) is 1. The Bertz CT molecular complexity index is 1020. The quantitative estimate of drug-likeness (QED) is 0.608. The summed E-state index contributed by atoms with van der Waals surface area (Å²) in [6.07, 6.45) is 1.62. The average molecular weight is 418 g/mol. The summed E-state index contributed by atoms with van der Waals surface area (Å²) in [7, 11) is 1.70. The molecule has 0 atom stereocenters. The van der Waals surface area contributed by atoms with Gasteiger partial charge in [-0.1, -0.05) is 23.7 Å². The predicted octanol–water partition coefficient (Wildman–Crippen LogP) is 4.77. The van der Waals surface area contributed by atoms with Crippen molar-refractivity contribution < 1.29 is 14.0 Å². The number of carbonyl (C=O) groups excluding carboxylic acids is 2. The molecular formula is C20H17ClFN3O2S. The molecule has 3 rings (SSSR count). The highest BCUT2D eigenvalue weighted by molar-refractivity contribution is 7.18. The van der Waals surface area contributed by atoms with Crippen molar-refractivity contribution in [1.29, 1.82) is 0 Å². The van der Waals surface area contributed by atoms with Gasteiger partial charge in [-0.25, -0.2) is 9.37 Å². The lowest BCUT2D eigenvalue weighted by atomic mass is 10.2. The van der Waals surface area contributed by atoms with Gasteiger partial charge >= 0.3 is 0 Å². The Hall–Kier alpha value is -2.77. The third-order valence-electron chi connectivity index (χ3n) is 3.99. The van der Waals surface area contributed by atoms with Gasteiger partial charge in [0.15, 0.2) is 0 Å². The molecule has 0 bridgehead atoms. The Kier molecular flexibility index (Phi) is 6.06. The lowest BCUT2D eigenvalue weighted by molar-refractivity contribution is 0.0789. The summed E-state index contributed by atoms with van der Waals surface area (Å²) in [5.74, 6) is -1.08. The van der Waals surface area contributed by atoms with Crippen molar-refractivity contribution in [3.63, 3.8) is 0 Å². The molecule has 2 amide bonds. The molecule has 0 aliphatic heterocycles. The first-order valence-electron chi connectivity index (χ1n) is 8.36. The smallest absolute Gasteiger partial charge is 0.264 e. The minimum absolute atomic E-state index is 0.163. The zero-order chi connectivity index (χ0) is 20.3. The second kappa shape index (κ2) is 8.50. The summed E-state index contributed by atoms with van der Waals surface area (Å²) >= 11 is 6.96. The van der Waals surface area contributed by atoms with Crippen molar-refractivity contribution in [3.05, 3.63) is 81.2 Å². The van der Waals surface area contributed by atoms with Crippen LogP contribution in [0.2, 0.25) is 5.15 Å². The van der Waals surface area contributed by atoms with Crippen LogP contribution in [0.25, 0.3) is 0 Å². The number of nitrogens with one attached hydrogen (secondary N) is 1. The van der Waals surface area contributed by atoms with Crippen LogP contribution in [0.5, 0.6) is 0 Å². The lowest BCUT2D eigenvalue weighted by Gasteiger charge is -2.16. The van der Waals surface area contributed by atoms with Crippen LogP contribution in [0, 0.1) is 12.7 Å². The summed E-state index contributed by atoms with van der Waals surface area (Å²) in [4.78, 5) is 31.2. The molecule has 3 aromatic rings. The number of aromatic nitrogens is 1. The number of benzene rings is 1. The summed E-state index contributed by atoms with van der Waals surface area (Å²) < 4.78 is 13.3. The van der Waals surface area contributed by atoms with E-state index in [1.807, 2.05) is 6.07 Å². The fourth-order valence-corrected chi connectivity index (χ4v) is 3.76. The highest BCUT2D eigenvalue weighted by Crippen LogP contribution is 2.28. The van der Waals surface area contributed by atoms with Gasteiger partial charge in [-0.3, -0.25) is 9.59 Å². The van der Waals surface area contributed by atoms with Gasteiger partial charge in [-0.15, -0.1) is 11.3 Å². The van der Waals surface area contributed by atoms with Crippen molar-refractivity contribution in [3.8, 4) is 0 Å². The molecule has 0 saturated heterocycles.